The van der Waals surface area contributed by atoms with Crippen molar-refractivity contribution in [2.45, 2.75) is 26.1 Å². The van der Waals surface area contributed by atoms with Gasteiger partial charge in [0.1, 0.15) is 5.75 Å². The number of aryl methyl sites for hydroxylation is 2. The van der Waals surface area contributed by atoms with Crippen LogP contribution in [0.25, 0.3) is 0 Å². The van der Waals surface area contributed by atoms with Gasteiger partial charge in [-0.1, -0.05) is 0 Å². The second-order valence-corrected chi connectivity index (χ2v) is 5.15. The van der Waals surface area contributed by atoms with E-state index >= 15 is 0 Å². The van der Waals surface area contributed by atoms with Crippen LogP contribution >= 0.6 is 0 Å². The first-order chi connectivity index (χ1) is 11.6. The van der Waals surface area contributed by atoms with Crippen molar-refractivity contribution in [2.75, 3.05) is 5.32 Å². The number of carbonyl (C=O) groups is 1. The maximum atomic E-state index is 12.6. The molecule has 1 aromatic carbocycles. The Labute approximate surface area is 139 Å². The standard InChI is InChI=1S/C14H13F3N4O4/c1-8-6-12(14(15,16)17)19-20(8)5-4-13(23)18-10-7-9(21(24)25)2-3-11(10)22/h2-3,6-7,22H,4-5H2,1H3,(H,18,23). The summed E-state index contributed by atoms with van der Waals surface area (Å²) in [5, 5.41) is 26.0. The van der Waals surface area contributed by atoms with E-state index in [-0.39, 0.29) is 35.8 Å². The average molecular weight is 358 g/mol. The molecule has 1 amide bonds. The van der Waals surface area contributed by atoms with E-state index < -0.39 is 22.7 Å². The Morgan fingerprint density at radius 3 is 2.64 bits per heavy atom. The van der Waals surface area contributed by atoms with Crippen LogP contribution in [0.15, 0.2) is 24.3 Å². The summed E-state index contributed by atoms with van der Waals surface area (Å²) in [6, 6.07) is 3.97. The van der Waals surface area contributed by atoms with E-state index in [4.69, 9.17) is 0 Å². The van der Waals surface area contributed by atoms with Gasteiger partial charge in [-0.2, -0.15) is 18.3 Å². The van der Waals surface area contributed by atoms with Crippen LogP contribution in [0.4, 0.5) is 24.5 Å². The molecule has 0 aliphatic rings. The third-order valence-electron chi connectivity index (χ3n) is 3.29. The van der Waals surface area contributed by atoms with Crippen molar-refractivity contribution in [3.05, 3.63) is 45.8 Å². The molecule has 8 nitrogen and oxygen atoms in total. The number of benzene rings is 1. The van der Waals surface area contributed by atoms with Crippen LogP contribution in [0.3, 0.4) is 0 Å². The molecule has 2 aromatic rings. The highest BCUT2D eigenvalue weighted by atomic mass is 19.4. The molecule has 1 aromatic heterocycles. The molecule has 11 heteroatoms. The topological polar surface area (TPSA) is 110 Å². The van der Waals surface area contributed by atoms with Gasteiger partial charge in [-0.05, 0) is 19.1 Å². The zero-order valence-electron chi connectivity index (χ0n) is 12.9. The second-order valence-electron chi connectivity index (χ2n) is 5.15. The Bertz CT molecular complexity index is 817. The van der Waals surface area contributed by atoms with Crippen LogP contribution in [0.1, 0.15) is 17.8 Å². The van der Waals surface area contributed by atoms with Crippen molar-refractivity contribution in [1.82, 2.24) is 9.78 Å². The number of aromatic nitrogens is 2. The van der Waals surface area contributed by atoms with E-state index in [1.54, 1.807) is 0 Å². The fourth-order valence-electron chi connectivity index (χ4n) is 2.03. The monoisotopic (exact) mass is 358 g/mol. The molecule has 0 unspecified atom stereocenters. The summed E-state index contributed by atoms with van der Waals surface area (Å²) in [6.07, 6.45) is -4.81. The molecule has 0 saturated carbocycles. The maximum absolute atomic E-state index is 12.6. The molecule has 0 spiro atoms. The number of hydrogen-bond acceptors (Lipinski definition) is 5. The minimum atomic E-state index is -4.58. The number of rotatable bonds is 5. The molecular formula is C14H13F3N4O4. The van der Waals surface area contributed by atoms with E-state index in [1.807, 2.05) is 0 Å². The van der Waals surface area contributed by atoms with Gasteiger partial charge >= 0.3 is 6.18 Å². The van der Waals surface area contributed by atoms with E-state index in [0.29, 0.717) is 0 Å². The lowest BCUT2D eigenvalue weighted by atomic mass is 10.2. The van der Waals surface area contributed by atoms with Crippen molar-refractivity contribution < 1.29 is 28.0 Å². The van der Waals surface area contributed by atoms with Crippen LogP contribution in [0, 0.1) is 17.0 Å². The summed E-state index contributed by atoms with van der Waals surface area (Å²) in [4.78, 5) is 21.9. The highest BCUT2D eigenvalue weighted by molar-refractivity contribution is 5.92. The molecule has 0 fully saturated rings. The van der Waals surface area contributed by atoms with Crippen LogP contribution < -0.4 is 5.32 Å². The number of hydrogen-bond donors (Lipinski definition) is 2. The van der Waals surface area contributed by atoms with Gasteiger partial charge < -0.3 is 10.4 Å². The van der Waals surface area contributed by atoms with E-state index in [1.165, 1.54) is 6.92 Å². The summed E-state index contributed by atoms with van der Waals surface area (Å²) in [6.45, 7) is 1.30. The second kappa shape index (κ2) is 6.79. The van der Waals surface area contributed by atoms with E-state index in [2.05, 4.69) is 10.4 Å². The zero-order chi connectivity index (χ0) is 18.8. The highest BCUT2D eigenvalue weighted by Crippen LogP contribution is 2.29. The SMILES string of the molecule is Cc1cc(C(F)(F)F)nn1CCC(=O)Nc1cc([N+](=O)[O-])ccc1O. The third-order valence-corrected chi connectivity index (χ3v) is 3.29. The minimum Gasteiger partial charge on any atom is -0.506 e. The normalized spacial score (nSPS) is 11.4. The molecule has 1 heterocycles. The molecule has 134 valence electrons. The first-order valence-corrected chi connectivity index (χ1v) is 6.97. The summed E-state index contributed by atoms with van der Waals surface area (Å²) >= 11 is 0. The molecule has 0 atom stereocenters. The number of anilines is 1. The van der Waals surface area contributed by atoms with E-state index in [0.717, 1.165) is 28.9 Å². The lowest BCUT2D eigenvalue weighted by molar-refractivity contribution is -0.384. The number of nitro groups is 1. The Kier molecular flexibility index (Phi) is 4.95. The number of nitro benzene ring substituents is 1. The number of alkyl halides is 3. The van der Waals surface area contributed by atoms with E-state index in [9.17, 15) is 33.2 Å². The maximum Gasteiger partial charge on any atom is 0.435 e. The Morgan fingerprint density at radius 2 is 2.08 bits per heavy atom. The Balaban J connectivity index is 2.03. The number of non-ortho nitro benzene ring substituents is 1. The summed E-state index contributed by atoms with van der Waals surface area (Å²) in [7, 11) is 0. The predicted octanol–water partition coefficient (Wildman–Crippen LogP) is 2.85. The third kappa shape index (κ3) is 4.46. The number of aromatic hydroxyl groups is 1. The number of phenolic OH excluding ortho intramolecular Hbond substituents is 1. The molecule has 2 rings (SSSR count). The Morgan fingerprint density at radius 1 is 1.40 bits per heavy atom. The van der Waals surface area contributed by atoms with Crippen LogP contribution in [-0.2, 0) is 17.5 Å². The summed E-state index contributed by atoms with van der Waals surface area (Å²) in [5.41, 5.74) is -1.31. The summed E-state index contributed by atoms with van der Waals surface area (Å²) < 4.78 is 38.8. The van der Waals surface area contributed by atoms with Gasteiger partial charge in [-0.25, -0.2) is 0 Å². The van der Waals surface area contributed by atoms with Gasteiger partial charge in [-0.15, -0.1) is 0 Å². The van der Waals surface area contributed by atoms with Gasteiger partial charge in [0.25, 0.3) is 5.69 Å². The largest absolute Gasteiger partial charge is 0.506 e. The van der Waals surface area contributed by atoms with Gasteiger partial charge in [0.2, 0.25) is 5.91 Å². The van der Waals surface area contributed by atoms with Gasteiger partial charge in [0.15, 0.2) is 5.69 Å². The number of nitrogens with one attached hydrogen (secondary N) is 1. The smallest absolute Gasteiger partial charge is 0.435 e. The van der Waals surface area contributed by atoms with Crippen molar-refractivity contribution in [1.29, 1.82) is 0 Å². The van der Waals surface area contributed by atoms with Crippen molar-refractivity contribution >= 4 is 17.3 Å². The number of amides is 1. The van der Waals surface area contributed by atoms with Crippen LogP contribution in [-0.4, -0.2) is 25.7 Å². The van der Waals surface area contributed by atoms with Crippen molar-refractivity contribution in [2.24, 2.45) is 0 Å². The Hall–Kier alpha value is -3.11. The number of halogens is 3. The van der Waals surface area contributed by atoms with Crippen molar-refractivity contribution in [3.63, 3.8) is 0 Å². The number of phenols is 1. The fourth-order valence-corrected chi connectivity index (χ4v) is 2.03. The van der Waals surface area contributed by atoms with Crippen molar-refractivity contribution in [3.8, 4) is 5.75 Å². The first kappa shape index (κ1) is 18.2. The highest BCUT2D eigenvalue weighted by Gasteiger charge is 2.34. The average Bonchev–Trinajstić information content (AvgIpc) is 2.88. The lowest BCUT2D eigenvalue weighted by Gasteiger charge is -2.08. The first-order valence-electron chi connectivity index (χ1n) is 6.97. The van der Waals surface area contributed by atoms with Gasteiger partial charge in [-0.3, -0.25) is 19.6 Å². The quantitative estimate of drug-likeness (QED) is 0.485. The zero-order valence-corrected chi connectivity index (χ0v) is 12.9. The summed E-state index contributed by atoms with van der Waals surface area (Å²) in [5.74, 6) is -1.01. The lowest BCUT2D eigenvalue weighted by Crippen LogP contribution is -2.16. The molecule has 0 saturated heterocycles. The molecular weight excluding hydrogens is 345 g/mol. The molecule has 0 radical (unpaired) electrons. The van der Waals surface area contributed by atoms with Gasteiger partial charge in [0, 0.05) is 30.8 Å². The predicted molar refractivity (Wildman–Crippen MR) is 80.0 cm³/mol. The minimum absolute atomic E-state index is 0.122. The number of nitrogens with zero attached hydrogens (tertiary/aromatic N) is 3. The molecule has 0 aliphatic carbocycles. The molecule has 2 N–H and O–H groups in total. The molecule has 0 aliphatic heterocycles. The molecule has 0 bridgehead atoms. The van der Waals surface area contributed by atoms with Gasteiger partial charge in [0.05, 0.1) is 10.6 Å². The molecule has 25 heavy (non-hydrogen) atoms. The van der Waals surface area contributed by atoms with Crippen LogP contribution in [0.5, 0.6) is 5.75 Å². The number of carbonyl (C=O) groups excluding carboxylic acids is 1. The van der Waals surface area contributed by atoms with Crippen LogP contribution in [0.2, 0.25) is 0 Å². The fraction of sp³-hybridized carbons (Fsp3) is 0.286.